The van der Waals surface area contributed by atoms with E-state index in [1.807, 2.05) is 10.7 Å². The van der Waals surface area contributed by atoms with Crippen molar-refractivity contribution in [3.63, 3.8) is 0 Å². The molecule has 2 heterocycles. The van der Waals surface area contributed by atoms with Gasteiger partial charge in [0.1, 0.15) is 0 Å². The predicted octanol–water partition coefficient (Wildman–Crippen LogP) is 4.30. The van der Waals surface area contributed by atoms with Gasteiger partial charge >= 0.3 is 0 Å². The summed E-state index contributed by atoms with van der Waals surface area (Å²) >= 11 is 1.60. The van der Waals surface area contributed by atoms with Crippen molar-refractivity contribution in [2.45, 2.75) is 64.1 Å². The van der Waals surface area contributed by atoms with Gasteiger partial charge in [-0.05, 0) is 24.2 Å². The molecule has 27 heavy (non-hydrogen) atoms. The van der Waals surface area contributed by atoms with E-state index in [0.717, 1.165) is 53.5 Å². The van der Waals surface area contributed by atoms with E-state index >= 15 is 0 Å². The van der Waals surface area contributed by atoms with Crippen LogP contribution >= 0.6 is 11.8 Å². The highest BCUT2D eigenvalue weighted by Crippen LogP contribution is 2.40. The Morgan fingerprint density at radius 2 is 2.00 bits per heavy atom. The van der Waals surface area contributed by atoms with Crippen LogP contribution in [0, 0.1) is 0 Å². The van der Waals surface area contributed by atoms with Gasteiger partial charge < -0.3 is 0 Å². The molecule has 0 bridgehead atoms. The predicted molar refractivity (Wildman–Crippen MR) is 111 cm³/mol. The first-order valence-corrected chi connectivity index (χ1v) is 10.7. The van der Waals surface area contributed by atoms with Crippen molar-refractivity contribution >= 4 is 17.5 Å². The molecule has 0 spiro atoms. The summed E-state index contributed by atoms with van der Waals surface area (Å²) in [6.45, 7) is 9.31. The van der Waals surface area contributed by atoms with Crippen LogP contribution < -0.4 is 5.56 Å². The normalized spacial score (nSPS) is 15.0. The number of hydrogen-bond acceptors (Lipinski definition) is 4. The van der Waals surface area contributed by atoms with E-state index in [4.69, 9.17) is 10.1 Å². The lowest BCUT2D eigenvalue weighted by Crippen LogP contribution is -2.36. The van der Waals surface area contributed by atoms with Gasteiger partial charge in [0.25, 0.3) is 5.56 Å². The summed E-state index contributed by atoms with van der Waals surface area (Å²) < 4.78 is 3.64. The Balaban J connectivity index is 2.07. The summed E-state index contributed by atoms with van der Waals surface area (Å²) in [5, 5.41) is 5.48. The number of rotatable bonds is 5. The van der Waals surface area contributed by atoms with Crippen LogP contribution in [0.5, 0.6) is 0 Å². The minimum absolute atomic E-state index is 0.0354. The van der Waals surface area contributed by atoms with Crippen LogP contribution in [0.1, 0.15) is 51.7 Å². The van der Waals surface area contributed by atoms with E-state index in [1.54, 1.807) is 16.2 Å². The average Bonchev–Trinajstić information content (AvgIpc) is 2.97. The smallest absolute Gasteiger partial charge is 0.265 e. The van der Waals surface area contributed by atoms with Crippen molar-refractivity contribution in [2.24, 2.45) is 0 Å². The molecule has 0 saturated heterocycles. The van der Waals surface area contributed by atoms with Crippen molar-refractivity contribution in [3.05, 3.63) is 45.7 Å². The third-order valence-electron chi connectivity index (χ3n) is 5.27. The van der Waals surface area contributed by atoms with Crippen LogP contribution in [-0.4, -0.2) is 24.9 Å². The summed E-state index contributed by atoms with van der Waals surface area (Å²) in [6.07, 6.45) is 2.94. The monoisotopic (exact) mass is 382 g/mol. The quantitative estimate of drug-likeness (QED) is 0.617. The van der Waals surface area contributed by atoms with E-state index < -0.39 is 0 Å². The van der Waals surface area contributed by atoms with E-state index in [1.165, 1.54) is 5.56 Å². The molecule has 0 aliphatic heterocycles. The lowest BCUT2D eigenvalue weighted by Gasteiger charge is -2.32. The summed E-state index contributed by atoms with van der Waals surface area (Å²) in [5.41, 5.74) is 3.76. The second kappa shape index (κ2) is 6.82. The van der Waals surface area contributed by atoms with Gasteiger partial charge in [0.15, 0.2) is 5.16 Å². The molecule has 3 aromatic rings. The van der Waals surface area contributed by atoms with Gasteiger partial charge in [0.05, 0.1) is 11.3 Å². The van der Waals surface area contributed by atoms with Crippen molar-refractivity contribution in [3.8, 4) is 11.3 Å². The maximum Gasteiger partial charge on any atom is 0.265 e. The Hall–Kier alpha value is -2.08. The number of aryl methyl sites for hydroxylation is 1. The molecular formula is C21H26N4OS. The molecule has 142 valence electrons. The number of benzene rings is 1. The minimum atomic E-state index is -0.255. The Bertz CT molecular complexity index is 1060. The van der Waals surface area contributed by atoms with Gasteiger partial charge in [0, 0.05) is 17.5 Å². The molecule has 0 unspecified atom stereocenters. The molecule has 0 N–H and O–H groups in total. The second-order valence-corrected chi connectivity index (χ2v) is 9.02. The Morgan fingerprint density at radius 3 is 2.74 bits per heavy atom. The zero-order valence-corrected chi connectivity index (χ0v) is 17.3. The van der Waals surface area contributed by atoms with Gasteiger partial charge in [0.2, 0.25) is 5.78 Å². The van der Waals surface area contributed by atoms with Gasteiger partial charge in [-0.25, -0.2) is 14.1 Å². The van der Waals surface area contributed by atoms with Gasteiger partial charge in [-0.2, -0.15) is 0 Å². The van der Waals surface area contributed by atoms with Gasteiger partial charge in [-0.1, -0.05) is 70.1 Å². The fourth-order valence-corrected chi connectivity index (χ4v) is 4.71. The topological polar surface area (TPSA) is 52.2 Å². The lowest BCUT2D eigenvalue weighted by atomic mass is 9.72. The molecular weight excluding hydrogens is 356 g/mol. The molecule has 2 aromatic heterocycles. The van der Waals surface area contributed by atoms with Crippen molar-refractivity contribution in [1.82, 2.24) is 19.2 Å². The maximum atomic E-state index is 13.6. The highest BCUT2D eigenvalue weighted by molar-refractivity contribution is 7.99. The molecule has 0 fully saturated rings. The van der Waals surface area contributed by atoms with Crippen LogP contribution in [-0.2, 0) is 18.4 Å². The van der Waals surface area contributed by atoms with E-state index in [0.29, 0.717) is 5.78 Å². The molecule has 1 aliphatic rings. The van der Waals surface area contributed by atoms with Gasteiger partial charge in [-0.15, -0.1) is 5.10 Å². The molecule has 6 heteroatoms. The first kappa shape index (κ1) is 18.3. The summed E-state index contributed by atoms with van der Waals surface area (Å²) in [5.74, 6) is 1.53. The van der Waals surface area contributed by atoms with E-state index in [2.05, 4.69) is 45.9 Å². The SMILES string of the molecule is CCCCn1nc(SCC)n2c(=O)c3c(nc12)-c1ccccc1CC3(C)C. The lowest BCUT2D eigenvalue weighted by molar-refractivity contribution is 0.505. The standard InChI is InChI=1S/C21H26N4OS/c1-5-7-12-24-19-22-17-15-11-9-8-10-14(15)13-21(3,4)16(17)18(26)25(19)20(23-24)27-6-2/h8-11H,5-7,12-13H2,1-4H3. The summed E-state index contributed by atoms with van der Waals surface area (Å²) in [4.78, 5) is 18.7. The zero-order chi connectivity index (χ0) is 19.2. The first-order valence-electron chi connectivity index (χ1n) is 9.73. The Labute approximate surface area is 163 Å². The third-order valence-corrected chi connectivity index (χ3v) is 6.08. The molecule has 0 radical (unpaired) electrons. The third kappa shape index (κ3) is 2.90. The average molecular weight is 383 g/mol. The highest BCUT2D eigenvalue weighted by atomic mass is 32.2. The van der Waals surface area contributed by atoms with Crippen LogP contribution in [0.25, 0.3) is 17.0 Å². The van der Waals surface area contributed by atoms with Crippen LogP contribution in [0.3, 0.4) is 0 Å². The molecule has 0 atom stereocenters. The summed E-state index contributed by atoms with van der Waals surface area (Å²) in [7, 11) is 0. The van der Waals surface area contributed by atoms with Crippen LogP contribution in [0.4, 0.5) is 0 Å². The first-order chi connectivity index (χ1) is 13.0. The van der Waals surface area contributed by atoms with E-state index in [9.17, 15) is 4.79 Å². The van der Waals surface area contributed by atoms with Crippen LogP contribution in [0.2, 0.25) is 0 Å². The number of aromatic nitrogens is 4. The molecule has 5 nitrogen and oxygen atoms in total. The second-order valence-electron chi connectivity index (χ2n) is 7.79. The number of fused-ring (bicyclic) bond motifs is 4. The van der Waals surface area contributed by atoms with E-state index in [-0.39, 0.29) is 11.0 Å². The Kier molecular flexibility index (Phi) is 4.62. The fourth-order valence-electron chi connectivity index (χ4n) is 4.00. The molecule has 0 saturated carbocycles. The largest absolute Gasteiger partial charge is 0.268 e. The van der Waals surface area contributed by atoms with Crippen molar-refractivity contribution in [1.29, 1.82) is 0 Å². The van der Waals surface area contributed by atoms with Gasteiger partial charge in [-0.3, -0.25) is 4.79 Å². The molecule has 0 amide bonds. The molecule has 4 rings (SSSR count). The number of nitrogens with zero attached hydrogens (tertiary/aromatic N) is 4. The molecule has 1 aromatic carbocycles. The van der Waals surface area contributed by atoms with Crippen LogP contribution in [0.15, 0.2) is 34.2 Å². The summed E-state index contributed by atoms with van der Waals surface area (Å²) in [6, 6.07) is 8.32. The zero-order valence-electron chi connectivity index (χ0n) is 16.5. The number of unbranched alkanes of at least 4 members (excludes halogenated alkanes) is 1. The fraction of sp³-hybridized carbons (Fsp3) is 0.476. The number of hydrogen-bond donors (Lipinski definition) is 0. The highest BCUT2D eigenvalue weighted by Gasteiger charge is 2.36. The number of thioether (sulfide) groups is 1. The minimum Gasteiger partial charge on any atom is -0.268 e. The Morgan fingerprint density at radius 1 is 1.22 bits per heavy atom. The molecule has 1 aliphatic carbocycles. The van der Waals surface area contributed by atoms with Crippen molar-refractivity contribution in [2.75, 3.05) is 5.75 Å². The van der Waals surface area contributed by atoms with Crippen molar-refractivity contribution < 1.29 is 0 Å². The maximum absolute atomic E-state index is 13.6.